The Morgan fingerprint density at radius 2 is 2.11 bits per heavy atom. The maximum atomic E-state index is 5.57. The molecule has 0 unspecified atom stereocenters. The summed E-state index contributed by atoms with van der Waals surface area (Å²) in [6.45, 7) is 7.85. The minimum Gasteiger partial charge on any atom is -0.491 e. The maximum Gasteiger partial charge on any atom is 0.133 e. The second-order valence-corrected chi connectivity index (χ2v) is 6.03. The molecule has 0 aliphatic heterocycles. The van der Waals surface area contributed by atoms with E-state index >= 15 is 0 Å². The van der Waals surface area contributed by atoms with Gasteiger partial charge in [-0.2, -0.15) is 0 Å². The molecule has 3 heteroatoms. The molecule has 1 N–H and O–H groups in total. The summed E-state index contributed by atoms with van der Waals surface area (Å²) in [7, 11) is 0. The zero-order chi connectivity index (χ0) is 13.6. The van der Waals surface area contributed by atoms with Crippen LogP contribution in [-0.2, 0) is 6.54 Å². The summed E-state index contributed by atoms with van der Waals surface area (Å²) < 4.78 is 6.53. The quantitative estimate of drug-likeness (QED) is 0.661. The molecule has 0 aliphatic carbocycles. The van der Waals surface area contributed by atoms with Crippen LogP contribution in [0.3, 0.4) is 0 Å². The van der Waals surface area contributed by atoms with Crippen molar-refractivity contribution < 1.29 is 4.74 Å². The summed E-state index contributed by atoms with van der Waals surface area (Å²) in [5, 5.41) is 3.45. The van der Waals surface area contributed by atoms with Crippen molar-refractivity contribution in [1.82, 2.24) is 5.32 Å². The minimum atomic E-state index is 0.119. The largest absolute Gasteiger partial charge is 0.491 e. The molecule has 18 heavy (non-hydrogen) atoms. The summed E-state index contributed by atoms with van der Waals surface area (Å²) in [4.78, 5) is 0. The van der Waals surface area contributed by atoms with Gasteiger partial charge in [0, 0.05) is 18.5 Å². The minimum absolute atomic E-state index is 0.119. The first-order valence-electron chi connectivity index (χ1n) is 6.02. The van der Waals surface area contributed by atoms with Crippen LogP contribution in [0.1, 0.15) is 32.8 Å². The monoisotopic (exact) mass is 309 g/mol. The Morgan fingerprint density at radius 1 is 1.39 bits per heavy atom. The third-order valence-corrected chi connectivity index (χ3v) is 2.94. The molecule has 0 atom stereocenters. The van der Waals surface area contributed by atoms with Gasteiger partial charge in [-0.3, -0.25) is 0 Å². The van der Waals surface area contributed by atoms with Gasteiger partial charge in [-0.05, 0) is 54.4 Å². The highest BCUT2D eigenvalue weighted by atomic mass is 79.9. The predicted molar refractivity (Wildman–Crippen MR) is 79.7 cm³/mol. The highest BCUT2D eigenvalue weighted by Gasteiger charge is 2.09. The van der Waals surface area contributed by atoms with Gasteiger partial charge < -0.3 is 10.1 Å². The van der Waals surface area contributed by atoms with E-state index in [1.807, 2.05) is 6.07 Å². The lowest BCUT2D eigenvalue weighted by Gasteiger charge is -2.20. The Bertz CT molecular complexity index is 429. The van der Waals surface area contributed by atoms with Gasteiger partial charge in [0.05, 0.1) is 11.1 Å². The van der Waals surface area contributed by atoms with Gasteiger partial charge in [-0.25, -0.2) is 0 Å². The van der Waals surface area contributed by atoms with Crippen LogP contribution in [0.25, 0.3) is 0 Å². The Kier molecular flexibility index (Phi) is 5.71. The highest BCUT2D eigenvalue weighted by Crippen LogP contribution is 2.26. The molecule has 1 aromatic carbocycles. The van der Waals surface area contributed by atoms with E-state index in [4.69, 9.17) is 11.2 Å². The first-order valence-corrected chi connectivity index (χ1v) is 6.81. The van der Waals surface area contributed by atoms with Gasteiger partial charge >= 0.3 is 0 Å². The van der Waals surface area contributed by atoms with Crippen LogP contribution in [0.5, 0.6) is 5.75 Å². The Labute approximate surface area is 118 Å². The van der Waals surface area contributed by atoms with E-state index in [0.29, 0.717) is 13.0 Å². The molecule has 0 heterocycles. The lowest BCUT2D eigenvalue weighted by atomic mass is 10.1. The fourth-order valence-electron chi connectivity index (χ4n) is 1.36. The van der Waals surface area contributed by atoms with Crippen LogP contribution in [0.15, 0.2) is 22.7 Å². The number of benzene rings is 1. The molecule has 2 nitrogen and oxygen atoms in total. The van der Waals surface area contributed by atoms with Crippen LogP contribution in [-0.4, -0.2) is 12.1 Å². The molecule has 0 aromatic heterocycles. The average Bonchev–Trinajstić information content (AvgIpc) is 2.28. The van der Waals surface area contributed by atoms with E-state index in [1.54, 1.807) is 0 Å². The molecular formula is C15H20BrNO. The molecule has 98 valence electrons. The average molecular weight is 310 g/mol. The first-order chi connectivity index (χ1) is 8.42. The Hall–Kier alpha value is -0.980. The topological polar surface area (TPSA) is 21.3 Å². The fourth-order valence-corrected chi connectivity index (χ4v) is 1.90. The summed E-state index contributed by atoms with van der Waals surface area (Å²) in [5.74, 6) is 3.39. The smallest absolute Gasteiger partial charge is 0.133 e. The summed E-state index contributed by atoms with van der Waals surface area (Å²) >= 11 is 3.52. The van der Waals surface area contributed by atoms with Crippen molar-refractivity contribution in [1.29, 1.82) is 0 Å². The van der Waals surface area contributed by atoms with Gasteiger partial charge in [0.2, 0.25) is 0 Å². The number of hydrogen-bond donors (Lipinski definition) is 1. The Morgan fingerprint density at radius 3 is 2.67 bits per heavy atom. The summed E-state index contributed by atoms with van der Waals surface area (Å²) in [6, 6.07) is 6.11. The molecule has 0 bridgehead atoms. The van der Waals surface area contributed by atoms with Crippen LogP contribution in [0.4, 0.5) is 0 Å². The van der Waals surface area contributed by atoms with E-state index in [1.165, 1.54) is 5.56 Å². The van der Waals surface area contributed by atoms with Gasteiger partial charge in [-0.15, -0.1) is 12.3 Å². The van der Waals surface area contributed by atoms with Crippen molar-refractivity contribution in [3.63, 3.8) is 0 Å². The standard InChI is InChI=1S/C15H20BrNO/c1-5-6-9-18-14-8-7-12(10-13(14)16)11-17-15(2,3)4/h1,7-8,10,17H,6,9,11H2,2-4H3. The molecular weight excluding hydrogens is 290 g/mol. The number of terminal acetylenes is 1. The number of ether oxygens (including phenoxy) is 1. The number of nitrogens with one attached hydrogen (secondary N) is 1. The number of halogens is 1. The second-order valence-electron chi connectivity index (χ2n) is 5.17. The second kappa shape index (κ2) is 6.82. The van der Waals surface area contributed by atoms with E-state index in [9.17, 15) is 0 Å². The van der Waals surface area contributed by atoms with Gasteiger partial charge in [-0.1, -0.05) is 6.07 Å². The molecule has 1 rings (SSSR count). The van der Waals surface area contributed by atoms with Crippen LogP contribution in [0, 0.1) is 12.3 Å². The van der Waals surface area contributed by atoms with Gasteiger partial charge in [0.25, 0.3) is 0 Å². The fraction of sp³-hybridized carbons (Fsp3) is 0.467. The van der Waals surface area contributed by atoms with Crippen molar-refractivity contribution in [2.45, 2.75) is 39.3 Å². The zero-order valence-electron chi connectivity index (χ0n) is 11.2. The molecule has 0 saturated heterocycles. The lowest BCUT2D eigenvalue weighted by molar-refractivity contribution is 0.325. The molecule has 0 aliphatic rings. The third kappa shape index (κ3) is 5.57. The van der Waals surface area contributed by atoms with E-state index in [-0.39, 0.29) is 5.54 Å². The van der Waals surface area contributed by atoms with E-state index < -0.39 is 0 Å². The number of rotatable bonds is 5. The summed E-state index contributed by atoms with van der Waals surface area (Å²) in [5.41, 5.74) is 1.34. The van der Waals surface area contributed by atoms with E-state index in [2.05, 4.69) is 60.1 Å². The molecule has 0 radical (unpaired) electrons. The summed E-state index contributed by atoms with van der Waals surface area (Å²) in [6.07, 6.45) is 5.81. The molecule has 0 amide bonds. The van der Waals surface area contributed by atoms with Crippen molar-refractivity contribution >= 4 is 15.9 Å². The molecule has 1 aromatic rings. The normalized spacial score (nSPS) is 11.1. The molecule has 0 fully saturated rings. The van der Waals surface area contributed by atoms with E-state index in [0.717, 1.165) is 16.8 Å². The molecule has 0 saturated carbocycles. The van der Waals surface area contributed by atoms with Crippen molar-refractivity contribution in [2.24, 2.45) is 0 Å². The van der Waals surface area contributed by atoms with Crippen LogP contribution in [0.2, 0.25) is 0 Å². The van der Waals surface area contributed by atoms with Crippen LogP contribution < -0.4 is 10.1 Å². The van der Waals surface area contributed by atoms with Crippen LogP contribution >= 0.6 is 15.9 Å². The van der Waals surface area contributed by atoms with Crippen molar-refractivity contribution in [3.05, 3.63) is 28.2 Å². The third-order valence-electron chi connectivity index (χ3n) is 2.32. The Balaban J connectivity index is 2.59. The predicted octanol–water partition coefficient (Wildman–Crippen LogP) is 3.74. The van der Waals surface area contributed by atoms with Crippen molar-refractivity contribution in [2.75, 3.05) is 6.61 Å². The maximum absolute atomic E-state index is 5.57. The number of hydrogen-bond acceptors (Lipinski definition) is 2. The first kappa shape index (κ1) is 15.1. The zero-order valence-corrected chi connectivity index (χ0v) is 12.8. The molecule has 0 spiro atoms. The van der Waals surface area contributed by atoms with Gasteiger partial charge in [0.15, 0.2) is 0 Å². The highest BCUT2D eigenvalue weighted by molar-refractivity contribution is 9.10. The SMILES string of the molecule is C#CCCOc1ccc(CNC(C)(C)C)cc1Br. The van der Waals surface area contributed by atoms with Gasteiger partial charge in [0.1, 0.15) is 5.75 Å². The lowest BCUT2D eigenvalue weighted by Crippen LogP contribution is -2.35. The van der Waals surface area contributed by atoms with Crippen molar-refractivity contribution in [3.8, 4) is 18.1 Å².